The van der Waals surface area contributed by atoms with Crippen LogP contribution in [0.1, 0.15) is 49.0 Å². The molecular formula is C22H26F3N5O. The molecule has 4 fully saturated rings. The minimum atomic E-state index is -4.53. The smallest absolute Gasteiger partial charge is 0.383 e. The second kappa shape index (κ2) is 6.93. The molecule has 6 nitrogen and oxygen atoms in total. The highest BCUT2D eigenvalue weighted by Crippen LogP contribution is 2.62. The minimum Gasteiger partial charge on any atom is -0.383 e. The molecule has 2 unspecified atom stereocenters. The summed E-state index contributed by atoms with van der Waals surface area (Å²) in [4.78, 5) is 11.1. The Morgan fingerprint density at radius 2 is 1.81 bits per heavy atom. The van der Waals surface area contributed by atoms with Crippen molar-refractivity contribution in [1.29, 1.82) is 0 Å². The highest BCUT2D eigenvalue weighted by atomic mass is 19.4. The molecule has 2 aromatic heterocycles. The van der Waals surface area contributed by atoms with Gasteiger partial charge in [0.1, 0.15) is 11.6 Å². The molecule has 166 valence electrons. The number of nitrogens with two attached hydrogens (primary N) is 1. The monoisotopic (exact) mass is 433 g/mol. The molecule has 4 aliphatic rings. The van der Waals surface area contributed by atoms with Crippen LogP contribution in [0.5, 0.6) is 0 Å². The van der Waals surface area contributed by atoms with Gasteiger partial charge < -0.3 is 15.0 Å². The predicted octanol–water partition coefficient (Wildman–Crippen LogP) is 3.71. The Balaban J connectivity index is 1.25. The fraction of sp³-hybridized carbons (Fsp3) is 0.636. The van der Waals surface area contributed by atoms with Crippen LogP contribution in [0.2, 0.25) is 0 Å². The highest BCUT2D eigenvalue weighted by molar-refractivity contribution is 5.62. The van der Waals surface area contributed by atoms with Crippen LogP contribution in [0.4, 0.5) is 19.0 Å². The van der Waals surface area contributed by atoms with Gasteiger partial charge in [-0.15, -0.1) is 0 Å². The number of halogens is 3. The Hall–Kier alpha value is -2.13. The molecule has 6 rings (SSSR count). The molecule has 4 atom stereocenters. The van der Waals surface area contributed by atoms with E-state index >= 15 is 0 Å². The van der Waals surface area contributed by atoms with Crippen LogP contribution < -0.4 is 5.73 Å². The van der Waals surface area contributed by atoms with E-state index in [9.17, 15) is 13.2 Å². The second-order valence-electron chi connectivity index (χ2n) is 9.41. The van der Waals surface area contributed by atoms with Crippen molar-refractivity contribution in [1.82, 2.24) is 19.4 Å². The molecule has 9 heteroatoms. The first-order valence-corrected chi connectivity index (χ1v) is 11.1. The molecule has 0 amide bonds. The molecule has 0 radical (unpaired) electrons. The molecule has 31 heavy (non-hydrogen) atoms. The van der Waals surface area contributed by atoms with Crippen LogP contribution in [0.3, 0.4) is 0 Å². The second-order valence-corrected chi connectivity index (χ2v) is 9.41. The van der Waals surface area contributed by atoms with E-state index in [-0.39, 0.29) is 0 Å². The van der Waals surface area contributed by atoms with Gasteiger partial charge >= 0.3 is 6.18 Å². The van der Waals surface area contributed by atoms with Gasteiger partial charge in [-0.25, -0.2) is 9.97 Å². The molecular weight excluding hydrogens is 407 g/mol. The average Bonchev–Trinajstić information content (AvgIpc) is 3.62. The van der Waals surface area contributed by atoms with Gasteiger partial charge in [0.25, 0.3) is 0 Å². The molecule has 3 heterocycles. The quantitative estimate of drug-likeness (QED) is 0.796. The molecule has 0 aromatic carbocycles. The zero-order valence-corrected chi connectivity index (χ0v) is 17.2. The van der Waals surface area contributed by atoms with Gasteiger partial charge in [0.2, 0.25) is 0 Å². The van der Waals surface area contributed by atoms with Gasteiger partial charge in [-0.05, 0) is 43.6 Å². The van der Waals surface area contributed by atoms with E-state index in [2.05, 4.69) is 14.5 Å². The van der Waals surface area contributed by atoms with E-state index in [1.54, 1.807) is 0 Å². The topological polar surface area (TPSA) is 69.2 Å². The summed E-state index contributed by atoms with van der Waals surface area (Å²) in [5.74, 6) is 2.24. The molecule has 1 saturated heterocycles. The predicted molar refractivity (Wildman–Crippen MR) is 108 cm³/mol. The maximum atomic E-state index is 13.3. The summed E-state index contributed by atoms with van der Waals surface area (Å²) in [5.41, 5.74) is 5.51. The SMILES string of the molecule is Nc1ncc(-c2cn(C3[C@H]4CC(N5CCOCC5)C[C@@H]34)c(C3CC3)n2)cc1C(F)(F)F. The molecule has 2 N–H and O–H groups in total. The number of aromatic nitrogens is 3. The maximum Gasteiger partial charge on any atom is 0.419 e. The van der Waals surface area contributed by atoms with Crippen LogP contribution in [-0.2, 0) is 10.9 Å². The van der Waals surface area contributed by atoms with Crippen LogP contribution in [0, 0.1) is 11.8 Å². The molecule has 1 aliphatic heterocycles. The summed E-state index contributed by atoms with van der Waals surface area (Å²) in [7, 11) is 0. The van der Waals surface area contributed by atoms with Crippen LogP contribution in [-0.4, -0.2) is 51.8 Å². The summed E-state index contributed by atoms with van der Waals surface area (Å²) in [6.07, 6.45) is 3.40. The number of nitrogen functional groups attached to an aromatic ring is 1. The Morgan fingerprint density at radius 3 is 2.45 bits per heavy atom. The fourth-order valence-corrected chi connectivity index (χ4v) is 5.70. The van der Waals surface area contributed by atoms with Crippen molar-refractivity contribution >= 4 is 5.82 Å². The lowest BCUT2D eigenvalue weighted by molar-refractivity contribution is -0.137. The number of hydrogen-bond donors (Lipinski definition) is 1. The average molecular weight is 433 g/mol. The number of anilines is 1. The maximum absolute atomic E-state index is 13.3. The Morgan fingerprint density at radius 1 is 1.10 bits per heavy atom. The van der Waals surface area contributed by atoms with E-state index in [0.29, 0.717) is 41.1 Å². The molecule has 2 aromatic rings. The Bertz CT molecular complexity index is 984. The standard InChI is InChI=1S/C22H26F3N5O/c23-22(24,25)17-7-13(10-27-20(17)26)18-11-30(21(28-18)12-1-2-12)19-15-8-14(9-16(15)19)29-3-5-31-6-4-29/h7,10-12,14-16,19H,1-6,8-9H2,(H2,26,27)/t14?,15-,16+,19?. The zero-order chi connectivity index (χ0) is 21.3. The summed E-state index contributed by atoms with van der Waals surface area (Å²) in [6, 6.07) is 2.14. The van der Waals surface area contributed by atoms with Crippen molar-refractivity contribution in [3.05, 3.63) is 29.8 Å². The van der Waals surface area contributed by atoms with E-state index in [1.807, 2.05) is 6.20 Å². The fourth-order valence-electron chi connectivity index (χ4n) is 5.70. The normalized spacial score (nSPS) is 31.1. The Labute approximate surface area is 178 Å². The number of ether oxygens (including phenoxy) is 1. The first kappa shape index (κ1) is 19.5. The molecule has 0 spiro atoms. The van der Waals surface area contributed by atoms with Gasteiger partial charge in [0.05, 0.1) is 24.5 Å². The molecule has 3 aliphatic carbocycles. The number of pyridine rings is 1. The number of rotatable bonds is 4. The number of fused-ring (bicyclic) bond motifs is 1. The number of imidazole rings is 1. The van der Waals surface area contributed by atoms with Gasteiger partial charge in [0, 0.05) is 49.0 Å². The van der Waals surface area contributed by atoms with E-state index < -0.39 is 17.6 Å². The minimum absolute atomic E-state index is 0.374. The summed E-state index contributed by atoms with van der Waals surface area (Å²) < 4.78 is 47.6. The van der Waals surface area contributed by atoms with Gasteiger partial charge in [-0.2, -0.15) is 13.2 Å². The molecule has 0 bridgehead atoms. The highest BCUT2D eigenvalue weighted by Gasteiger charge is 2.58. The largest absolute Gasteiger partial charge is 0.419 e. The lowest BCUT2D eigenvalue weighted by atomic mass is 10.1. The third-order valence-corrected chi connectivity index (χ3v) is 7.48. The van der Waals surface area contributed by atoms with Crippen molar-refractivity contribution in [2.75, 3.05) is 32.0 Å². The lowest BCUT2D eigenvalue weighted by Crippen LogP contribution is -2.43. The number of nitrogens with zero attached hydrogens (tertiary/aromatic N) is 4. The summed E-state index contributed by atoms with van der Waals surface area (Å²) >= 11 is 0. The zero-order valence-electron chi connectivity index (χ0n) is 17.2. The Kier molecular flexibility index (Phi) is 4.37. The van der Waals surface area contributed by atoms with Gasteiger partial charge in [-0.1, -0.05) is 0 Å². The van der Waals surface area contributed by atoms with E-state index in [1.165, 1.54) is 19.0 Å². The van der Waals surface area contributed by atoms with Crippen molar-refractivity contribution < 1.29 is 17.9 Å². The van der Waals surface area contributed by atoms with Crippen molar-refractivity contribution in [3.8, 4) is 11.3 Å². The third-order valence-electron chi connectivity index (χ3n) is 7.48. The van der Waals surface area contributed by atoms with Crippen molar-refractivity contribution in [3.63, 3.8) is 0 Å². The lowest BCUT2D eigenvalue weighted by Gasteiger charge is -2.33. The number of alkyl halides is 3. The van der Waals surface area contributed by atoms with E-state index in [0.717, 1.165) is 51.0 Å². The van der Waals surface area contributed by atoms with Crippen molar-refractivity contribution in [2.45, 2.75) is 49.9 Å². The van der Waals surface area contributed by atoms with Gasteiger partial charge in [0.15, 0.2) is 0 Å². The van der Waals surface area contributed by atoms with Crippen molar-refractivity contribution in [2.24, 2.45) is 11.8 Å². The van der Waals surface area contributed by atoms with Crippen LogP contribution >= 0.6 is 0 Å². The third kappa shape index (κ3) is 3.42. The first-order chi connectivity index (χ1) is 14.9. The van der Waals surface area contributed by atoms with Gasteiger partial charge in [-0.3, -0.25) is 4.90 Å². The summed E-state index contributed by atoms with van der Waals surface area (Å²) in [6.45, 7) is 3.68. The number of morpholine rings is 1. The molecule has 3 saturated carbocycles. The summed E-state index contributed by atoms with van der Waals surface area (Å²) in [5, 5.41) is 0. The number of hydrogen-bond acceptors (Lipinski definition) is 5. The first-order valence-electron chi connectivity index (χ1n) is 11.1. The van der Waals surface area contributed by atoms with Crippen LogP contribution in [0.15, 0.2) is 18.5 Å². The van der Waals surface area contributed by atoms with E-state index in [4.69, 9.17) is 15.5 Å². The van der Waals surface area contributed by atoms with Crippen LogP contribution in [0.25, 0.3) is 11.3 Å².